The van der Waals surface area contributed by atoms with Gasteiger partial charge in [-0.15, -0.1) is 11.3 Å². The third-order valence-corrected chi connectivity index (χ3v) is 3.63. The standard InChI is InChI=1S/C12H15N5OS/c1-7-5-15-12(19-7)8(2)16-11(18)9-3-4-10(17-13)14-6-9/h3-6,8H,13H2,1-2H3,(H,14,17)(H,16,18). The number of hydrogen-bond donors (Lipinski definition) is 3. The van der Waals surface area contributed by atoms with E-state index >= 15 is 0 Å². The van der Waals surface area contributed by atoms with Crippen LogP contribution in [-0.4, -0.2) is 15.9 Å². The van der Waals surface area contributed by atoms with Crippen LogP contribution in [0, 0.1) is 6.92 Å². The Morgan fingerprint density at radius 1 is 1.37 bits per heavy atom. The van der Waals surface area contributed by atoms with E-state index in [4.69, 9.17) is 5.84 Å². The molecule has 1 atom stereocenters. The normalized spacial score (nSPS) is 11.9. The minimum Gasteiger partial charge on any atom is -0.343 e. The Bertz CT molecular complexity index is 566. The number of nitrogens with one attached hydrogen (secondary N) is 2. The smallest absolute Gasteiger partial charge is 0.253 e. The van der Waals surface area contributed by atoms with Gasteiger partial charge < -0.3 is 10.7 Å². The van der Waals surface area contributed by atoms with E-state index in [9.17, 15) is 4.79 Å². The first kappa shape index (κ1) is 13.4. The first-order chi connectivity index (χ1) is 9.10. The average Bonchev–Trinajstić information content (AvgIpc) is 2.85. The summed E-state index contributed by atoms with van der Waals surface area (Å²) in [5.41, 5.74) is 2.90. The lowest BCUT2D eigenvalue weighted by Crippen LogP contribution is -2.26. The second-order valence-electron chi connectivity index (χ2n) is 4.08. The van der Waals surface area contributed by atoms with Crippen molar-refractivity contribution in [1.82, 2.24) is 15.3 Å². The van der Waals surface area contributed by atoms with Crippen molar-refractivity contribution in [2.45, 2.75) is 19.9 Å². The summed E-state index contributed by atoms with van der Waals surface area (Å²) in [7, 11) is 0. The molecule has 0 fully saturated rings. The van der Waals surface area contributed by atoms with Crippen LogP contribution in [0.25, 0.3) is 0 Å². The fraction of sp³-hybridized carbons (Fsp3) is 0.250. The number of hydrogen-bond acceptors (Lipinski definition) is 6. The summed E-state index contributed by atoms with van der Waals surface area (Å²) in [5, 5.41) is 3.77. The van der Waals surface area contributed by atoms with Gasteiger partial charge in [-0.1, -0.05) is 0 Å². The molecule has 1 unspecified atom stereocenters. The molecular weight excluding hydrogens is 262 g/mol. The molecule has 7 heteroatoms. The molecule has 2 aromatic rings. The van der Waals surface area contributed by atoms with Crippen LogP contribution in [-0.2, 0) is 0 Å². The molecule has 0 aliphatic heterocycles. The maximum atomic E-state index is 12.0. The first-order valence-corrected chi connectivity index (χ1v) is 6.57. The second kappa shape index (κ2) is 5.77. The van der Waals surface area contributed by atoms with Gasteiger partial charge in [-0.05, 0) is 26.0 Å². The summed E-state index contributed by atoms with van der Waals surface area (Å²) >= 11 is 1.57. The molecule has 100 valence electrons. The van der Waals surface area contributed by atoms with Crippen LogP contribution in [0.5, 0.6) is 0 Å². The Labute approximate surface area is 115 Å². The van der Waals surface area contributed by atoms with Crippen molar-refractivity contribution in [2.24, 2.45) is 5.84 Å². The van der Waals surface area contributed by atoms with Crippen LogP contribution in [0.1, 0.15) is 33.2 Å². The van der Waals surface area contributed by atoms with E-state index in [1.54, 1.807) is 29.7 Å². The third kappa shape index (κ3) is 3.27. The van der Waals surface area contributed by atoms with Crippen LogP contribution in [0.15, 0.2) is 24.5 Å². The Morgan fingerprint density at radius 3 is 2.68 bits per heavy atom. The van der Waals surface area contributed by atoms with Crippen molar-refractivity contribution in [2.75, 3.05) is 5.43 Å². The molecule has 0 saturated carbocycles. The number of hydrazine groups is 1. The molecule has 1 amide bonds. The van der Waals surface area contributed by atoms with Crippen LogP contribution >= 0.6 is 11.3 Å². The highest BCUT2D eigenvalue weighted by Gasteiger charge is 2.14. The van der Waals surface area contributed by atoms with Gasteiger partial charge in [0.1, 0.15) is 10.8 Å². The van der Waals surface area contributed by atoms with Gasteiger partial charge in [0.15, 0.2) is 0 Å². The molecule has 0 bridgehead atoms. The number of amides is 1. The Morgan fingerprint density at radius 2 is 2.16 bits per heavy atom. The van der Waals surface area contributed by atoms with E-state index < -0.39 is 0 Å². The monoisotopic (exact) mass is 277 g/mol. The molecule has 0 aliphatic carbocycles. The van der Waals surface area contributed by atoms with Gasteiger partial charge in [-0.25, -0.2) is 15.8 Å². The van der Waals surface area contributed by atoms with E-state index in [1.165, 1.54) is 6.20 Å². The van der Waals surface area contributed by atoms with Gasteiger partial charge in [-0.2, -0.15) is 0 Å². The molecule has 2 heterocycles. The van der Waals surface area contributed by atoms with Crippen molar-refractivity contribution >= 4 is 23.1 Å². The predicted octanol–water partition coefficient (Wildman–Crippen LogP) is 1.62. The van der Waals surface area contributed by atoms with E-state index in [1.807, 2.05) is 13.8 Å². The number of carbonyl (C=O) groups is 1. The van der Waals surface area contributed by atoms with Gasteiger partial charge >= 0.3 is 0 Å². The summed E-state index contributed by atoms with van der Waals surface area (Å²) in [6.07, 6.45) is 3.27. The first-order valence-electron chi connectivity index (χ1n) is 5.76. The molecule has 0 aliphatic rings. The van der Waals surface area contributed by atoms with Crippen LogP contribution in [0.3, 0.4) is 0 Å². The number of pyridine rings is 1. The fourth-order valence-electron chi connectivity index (χ4n) is 1.53. The molecule has 2 aromatic heterocycles. The van der Waals surface area contributed by atoms with Crippen LogP contribution in [0.4, 0.5) is 5.82 Å². The highest BCUT2D eigenvalue weighted by molar-refractivity contribution is 7.11. The largest absolute Gasteiger partial charge is 0.343 e. The minimum absolute atomic E-state index is 0.126. The molecule has 0 aromatic carbocycles. The second-order valence-corrected chi connectivity index (χ2v) is 5.35. The van der Waals surface area contributed by atoms with Crippen LogP contribution in [0.2, 0.25) is 0 Å². The predicted molar refractivity (Wildman–Crippen MR) is 74.8 cm³/mol. The fourth-order valence-corrected chi connectivity index (χ4v) is 2.30. The number of rotatable bonds is 4. The average molecular weight is 277 g/mol. The lowest BCUT2D eigenvalue weighted by atomic mass is 10.2. The van der Waals surface area contributed by atoms with Crippen molar-refractivity contribution in [3.8, 4) is 0 Å². The van der Waals surface area contributed by atoms with E-state index in [0.29, 0.717) is 11.4 Å². The summed E-state index contributed by atoms with van der Waals surface area (Å²) in [6, 6.07) is 3.18. The molecule has 0 spiro atoms. The molecule has 6 nitrogen and oxygen atoms in total. The van der Waals surface area contributed by atoms with Gasteiger partial charge in [0.25, 0.3) is 5.91 Å². The van der Waals surface area contributed by atoms with Crippen molar-refractivity contribution in [3.05, 3.63) is 40.0 Å². The van der Waals surface area contributed by atoms with Crippen molar-refractivity contribution < 1.29 is 4.79 Å². The van der Waals surface area contributed by atoms with Crippen molar-refractivity contribution in [3.63, 3.8) is 0 Å². The zero-order valence-corrected chi connectivity index (χ0v) is 11.5. The number of nitrogens with two attached hydrogens (primary N) is 1. The quantitative estimate of drug-likeness (QED) is 0.583. The Hall–Kier alpha value is -1.99. The Balaban J connectivity index is 2.03. The zero-order valence-electron chi connectivity index (χ0n) is 10.7. The SMILES string of the molecule is Cc1cnc(C(C)NC(=O)c2ccc(NN)nc2)s1. The number of carbonyl (C=O) groups excluding carboxylic acids is 1. The molecule has 4 N–H and O–H groups in total. The minimum atomic E-state index is -0.184. The van der Waals surface area contributed by atoms with Gasteiger partial charge in [-0.3, -0.25) is 4.79 Å². The topological polar surface area (TPSA) is 92.9 Å². The van der Waals surface area contributed by atoms with E-state index in [2.05, 4.69) is 20.7 Å². The summed E-state index contributed by atoms with van der Waals surface area (Å²) in [6.45, 7) is 3.89. The molecule has 2 rings (SSSR count). The van der Waals surface area contributed by atoms with Gasteiger partial charge in [0.05, 0.1) is 11.6 Å². The number of aromatic nitrogens is 2. The lowest BCUT2D eigenvalue weighted by Gasteiger charge is -2.11. The van der Waals surface area contributed by atoms with Crippen molar-refractivity contribution in [1.29, 1.82) is 0 Å². The number of nitrogen functional groups attached to an aromatic ring is 1. The molecular formula is C12H15N5OS. The number of thiazole rings is 1. The highest BCUT2D eigenvalue weighted by Crippen LogP contribution is 2.19. The third-order valence-electron chi connectivity index (χ3n) is 2.53. The number of aryl methyl sites for hydroxylation is 1. The summed E-state index contributed by atoms with van der Waals surface area (Å²) in [4.78, 5) is 21.4. The number of nitrogens with zero attached hydrogens (tertiary/aromatic N) is 2. The molecule has 19 heavy (non-hydrogen) atoms. The lowest BCUT2D eigenvalue weighted by molar-refractivity contribution is 0.0939. The number of anilines is 1. The van der Waals surface area contributed by atoms with Gasteiger partial charge in [0, 0.05) is 17.3 Å². The molecule has 0 radical (unpaired) electrons. The Kier molecular flexibility index (Phi) is 4.08. The zero-order chi connectivity index (χ0) is 13.8. The van der Waals surface area contributed by atoms with E-state index in [-0.39, 0.29) is 11.9 Å². The maximum Gasteiger partial charge on any atom is 0.253 e. The van der Waals surface area contributed by atoms with Crippen LogP contribution < -0.4 is 16.6 Å². The maximum absolute atomic E-state index is 12.0. The summed E-state index contributed by atoms with van der Waals surface area (Å²) < 4.78 is 0. The summed E-state index contributed by atoms with van der Waals surface area (Å²) in [5.74, 6) is 5.55. The molecule has 0 saturated heterocycles. The van der Waals surface area contributed by atoms with E-state index in [0.717, 1.165) is 9.88 Å². The van der Waals surface area contributed by atoms with Gasteiger partial charge in [0.2, 0.25) is 0 Å². The highest BCUT2D eigenvalue weighted by atomic mass is 32.1.